The van der Waals surface area contributed by atoms with Crippen LogP contribution in [0.3, 0.4) is 0 Å². The summed E-state index contributed by atoms with van der Waals surface area (Å²) in [5.74, 6) is -11.6. The number of rotatable bonds is 11. The lowest BCUT2D eigenvalue weighted by molar-refractivity contribution is -0.129. The SMILES string of the molecule is Cn1c(COc2ccc(CC3SC(=O)N(C(c4ccccc4)(c4ccccc4)c4ccccc4)C3=O)cc2)nc2ccc(Oc3c(F)c(F)c(F)c(F)c3F)cc21. The number of hydrogen-bond acceptors (Lipinski definition) is 6. The molecule has 0 spiro atoms. The highest BCUT2D eigenvalue weighted by atomic mass is 32.2. The van der Waals surface area contributed by atoms with E-state index in [0.717, 1.165) is 34.0 Å². The van der Waals surface area contributed by atoms with Gasteiger partial charge < -0.3 is 14.0 Å². The maximum absolute atomic E-state index is 14.5. The number of carbonyl (C=O) groups excluding carboxylic acids is 2. The summed E-state index contributed by atoms with van der Waals surface area (Å²) >= 11 is 1.01. The fourth-order valence-electron chi connectivity index (χ4n) is 7.10. The number of aryl methyl sites for hydroxylation is 1. The van der Waals surface area contributed by atoms with Crippen LogP contribution in [0.25, 0.3) is 11.0 Å². The summed E-state index contributed by atoms with van der Waals surface area (Å²) in [6, 6.07) is 40.0. The minimum absolute atomic E-state index is 0.0132. The summed E-state index contributed by atoms with van der Waals surface area (Å²) < 4.78 is 82.1. The topological polar surface area (TPSA) is 73.7 Å². The number of carbonyl (C=O) groups is 2. The van der Waals surface area contributed by atoms with Crippen LogP contribution in [-0.2, 0) is 30.4 Å². The molecule has 286 valence electrons. The number of benzene rings is 6. The van der Waals surface area contributed by atoms with Crippen molar-refractivity contribution >= 4 is 33.9 Å². The molecule has 1 aliphatic rings. The van der Waals surface area contributed by atoms with Gasteiger partial charge in [-0.3, -0.25) is 14.5 Å². The Hall–Kier alpha value is -6.47. The lowest BCUT2D eigenvalue weighted by Gasteiger charge is -2.42. The lowest BCUT2D eigenvalue weighted by Crippen LogP contribution is -2.51. The number of imide groups is 1. The van der Waals surface area contributed by atoms with Gasteiger partial charge in [0.2, 0.25) is 40.7 Å². The Morgan fingerprint density at radius 3 is 1.72 bits per heavy atom. The van der Waals surface area contributed by atoms with E-state index in [9.17, 15) is 31.5 Å². The first-order valence-corrected chi connectivity index (χ1v) is 18.5. The molecule has 0 radical (unpaired) electrons. The van der Waals surface area contributed by atoms with E-state index in [0.29, 0.717) is 29.0 Å². The maximum atomic E-state index is 14.5. The molecule has 13 heteroatoms. The van der Waals surface area contributed by atoms with Gasteiger partial charge in [0.25, 0.3) is 5.24 Å². The Balaban J connectivity index is 0.988. The van der Waals surface area contributed by atoms with Crippen LogP contribution in [-0.4, -0.2) is 30.8 Å². The normalized spacial score (nSPS) is 14.4. The second-order valence-electron chi connectivity index (χ2n) is 13.2. The van der Waals surface area contributed by atoms with Gasteiger partial charge in [-0.2, -0.15) is 8.78 Å². The third kappa shape index (κ3) is 6.67. The van der Waals surface area contributed by atoms with Crippen molar-refractivity contribution in [2.24, 2.45) is 7.05 Å². The Kier molecular flexibility index (Phi) is 10.0. The zero-order chi connectivity index (χ0) is 39.8. The zero-order valence-electron chi connectivity index (χ0n) is 30.0. The van der Waals surface area contributed by atoms with Crippen LogP contribution in [0.5, 0.6) is 17.2 Å². The highest BCUT2D eigenvalue weighted by Crippen LogP contribution is 2.48. The first-order valence-electron chi connectivity index (χ1n) is 17.7. The van der Waals surface area contributed by atoms with Crippen molar-refractivity contribution < 1.29 is 41.0 Å². The largest absolute Gasteiger partial charge is 0.486 e. The van der Waals surface area contributed by atoms with Crippen LogP contribution in [0, 0.1) is 29.1 Å². The third-order valence-electron chi connectivity index (χ3n) is 9.88. The molecule has 1 unspecified atom stereocenters. The van der Waals surface area contributed by atoms with E-state index in [1.165, 1.54) is 23.1 Å². The van der Waals surface area contributed by atoms with E-state index >= 15 is 0 Å². The molecular formula is C44H30F5N3O4S. The molecule has 0 saturated carbocycles. The van der Waals surface area contributed by atoms with Gasteiger partial charge in [0, 0.05) is 13.1 Å². The van der Waals surface area contributed by atoms with Crippen molar-refractivity contribution in [2.75, 3.05) is 0 Å². The number of halogens is 5. The van der Waals surface area contributed by atoms with E-state index in [2.05, 4.69) is 4.98 Å². The van der Waals surface area contributed by atoms with Gasteiger partial charge in [0.1, 0.15) is 29.5 Å². The Labute approximate surface area is 327 Å². The van der Waals surface area contributed by atoms with Crippen LogP contribution in [0.4, 0.5) is 26.7 Å². The molecule has 1 aromatic heterocycles. The predicted molar refractivity (Wildman–Crippen MR) is 204 cm³/mol. The van der Waals surface area contributed by atoms with Crippen LogP contribution in [0.1, 0.15) is 28.1 Å². The molecule has 6 aromatic carbocycles. The highest BCUT2D eigenvalue weighted by Gasteiger charge is 2.54. The molecule has 8 rings (SSSR count). The minimum Gasteiger partial charge on any atom is -0.486 e. The smallest absolute Gasteiger partial charge is 0.290 e. The van der Waals surface area contributed by atoms with E-state index in [-0.39, 0.29) is 23.5 Å². The molecule has 2 amide bonds. The minimum atomic E-state index is -2.28. The van der Waals surface area contributed by atoms with E-state index in [1.54, 1.807) is 23.7 Å². The second-order valence-corrected chi connectivity index (χ2v) is 14.4. The van der Waals surface area contributed by atoms with Crippen LogP contribution < -0.4 is 9.47 Å². The standard InChI is InChI=1S/C44H30F5N3O4S/c1-51-33-24-31(56-41-39(48)37(46)36(45)38(47)40(41)49)21-22-32(33)50-35(51)25-55-30-19-17-26(18-20-30)23-34-42(53)52(43(54)57-34)44(27-11-5-2-6-12-27,28-13-7-3-8-14-28)29-15-9-4-10-16-29/h2-22,24,34H,23,25H2,1H3. The lowest BCUT2D eigenvalue weighted by atomic mass is 9.75. The number of nitrogens with zero attached hydrogens (tertiary/aromatic N) is 3. The van der Waals surface area contributed by atoms with Crippen molar-refractivity contribution in [3.63, 3.8) is 0 Å². The number of hydrogen-bond donors (Lipinski definition) is 0. The van der Waals surface area contributed by atoms with Gasteiger partial charge in [-0.1, -0.05) is 115 Å². The molecule has 7 nitrogen and oxygen atoms in total. The van der Waals surface area contributed by atoms with E-state index in [4.69, 9.17) is 9.47 Å². The molecule has 1 fully saturated rings. The van der Waals surface area contributed by atoms with Crippen molar-refractivity contribution in [2.45, 2.75) is 23.8 Å². The van der Waals surface area contributed by atoms with Gasteiger partial charge in [-0.15, -0.1) is 0 Å². The molecule has 1 aliphatic heterocycles. The molecule has 1 atom stereocenters. The first-order chi connectivity index (χ1) is 27.6. The number of thioether (sulfide) groups is 1. The molecule has 57 heavy (non-hydrogen) atoms. The van der Waals surface area contributed by atoms with Crippen LogP contribution in [0.2, 0.25) is 0 Å². The maximum Gasteiger partial charge on any atom is 0.290 e. The monoisotopic (exact) mass is 791 g/mol. The summed E-state index contributed by atoms with van der Waals surface area (Å²) in [5.41, 5.74) is 2.87. The number of amides is 2. The predicted octanol–water partition coefficient (Wildman–Crippen LogP) is 10.2. The van der Waals surface area contributed by atoms with Gasteiger partial charge in [0.15, 0.2) is 0 Å². The number of aromatic nitrogens is 2. The second kappa shape index (κ2) is 15.2. The summed E-state index contributed by atoms with van der Waals surface area (Å²) in [7, 11) is 1.67. The number of imidazole rings is 1. The number of ether oxygens (including phenoxy) is 2. The fourth-order valence-corrected chi connectivity index (χ4v) is 8.16. The Morgan fingerprint density at radius 1 is 0.667 bits per heavy atom. The zero-order valence-corrected chi connectivity index (χ0v) is 30.8. The average Bonchev–Trinajstić information content (AvgIpc) is 3.71. The van der Waals surface area contributed by atoms with Gasteiger partial charge in [0.05, 0.1) is 16.3 Å². The van der Waals surface area contributed by atoms with Crippen molar-refractivity contribution in [1.82, 2.24) is 14.5 Å². The van der Waals surface area contributed by atoms with Crippen molar-refractivity contribution in [1.29, 1.82) is 0 Å². The molecule has 0 bridgehead atoms. The fraction of sp³-hybridized carbons (Fsp3) is 0.114. The molecule has 7 aromatic rings. The Bertz CT molecular complexity index is 2500. The van der Waals surface area contributed by atoms with Crippen molar-refractivity contribution in [3.8, 4) is 17.2 Å². The molecule has 1 saturated heterocycles. The molecule has 0 aliphatic carbocycles. The van der Waals surface area contributed by atoms with Gasteiger partial charge in [-0.05, 0) is 52.9 Å². The molecule has 0 N–H and O–H groups in total. The van der Waals surface area contributed by atoms with E-state index in [1.807, 2.05) is 103 Å². The molecule has 2 heterocycles. The van der Waals surface area contributed by atoms with Crippen LogP contribution >= 0.6 is 11.8 Å². The van der Waals surface area contributed by atoms with E-state index < -0.39 is 45.6 Å². The van der Waals surface area contributed by atoms with Gasteiger partial charge in [-0.25, -0.2) is 18.2 Å². The molecular weight excluding hydrogens is 762 g/mol. The average molecular weight is 792 g/mol. The highest BCUT2D eigenvalue weighted by molar-refractivity contribution is 8.15. The quantitative estimate of drug-likeness (QED) is 0.0562. The third-order valence-corrected chi connectivity index (χ3v) is 10.9. The van der Waals surface area contributed by atoms with Crippen LogP contribution in [0.15, 0.2) is 133 Å². The first kappa shape index (κ1) is 37.5. The summed E-state index contributed by atoms with van der Waals surface area (Å²) in [6.07, 6.45) is 0.292. The summed E-state index contributed by atoms with van der Waals surface area (Å²) in [4.78, 5) is 34.5. The Morgan fingerprint density at radius 2 is 1.18 bits per heavy atom. The number of fused-ring (bicyclic) bond motifs is 1. The summed E-state index contributed by atoms with van der Waals surface area (Å²) in [5, 5.41) is -1.03. The summed E-state index contributed by atoms with van der Waals surface area (Å²) in [6.45, 7) is 0.0132. The van der Waals surface area contributed by atoms with Gasteiger partial charge >= 0.3 is 0 Å². The van der Waals surface area contributed by atoms with Crippen molar-refractivity contribution in [3.05, 3.63) is 191 Å².